The number of imidazole rings is 1. The SMILES string of the molecule is [Eu].c1c[nH]cn1.c1ccc(-c2cccnc2-c2ccccn2)nc1. The van der Waals surface area contributed by atoms with E-state index in [1.165, 1.54) is 0 Å². The Morgan fingerprint density at radius 1 is 0.667 bits per heavy atom. The van der Waals surface area contributed by atoms with E-state index in [0.717, 1.165) is 22.6 Å². The van der Waals surface area contributed by atoms with Gasteiger partial charge in [-0.2, -0.15) is 0 Å². The Morgan fingerprint density at radius 2 is 1.38 bits per heavy atom. The molecule has 24 heavy (non-hydrogen) atoms. The molecule has 0 amide bonds. The number of pyridine rings is 3. The van der Waals surface area contributed by atoms with Gasteiger partial charge in [-0.15, -0.1) is 0 Å². The van der Waals surface area contributed by atoms with Crippen molar-refractivity contribution in [3.05, 3.63) is 85.8 Å². The molecule has 0 aliphatic heterocycles. The fraction of sp³-hybridized carbons (Fsp3) is 0. The smallest absolute Gasteiger partial charge is 0.0980 e. The summed E-state index contributed by atoms with van der Waals surface area (Å²) in [4.78, 5) is 19.6. The first-order valence-corrected chi connectivity index (χ1v) is 7.16. The van der Waals surface area contributed by atoms with Gasteiger partial charge in [-0.1, -0.05) is 12.1 Å². The normalized spacial score (nSPS) is 9.33. The summed E-state index contributed by atoms with van der Waals surface area (Å²) in [6.07, 6.45) is 10.4. The summed E-state index contributed by atoms with van der Waals surface area (Å²) >= 11 is 0. The van der Waals surface area contributed by atoms with Crippen LogP contribution in [0.25, 0.3) is 22.6 Å². The first kappa shape index (κ1) is 18.6. The maximum absolute atomic E-state index is 4.42. The molecule has 0 fully saturated rings. The second-order valence-electron chi connectivity index (χ2n) is 4.59. The second kappa shape index (κ2) is 10.2. The second-order valence-corrected chi connectivity index (χ2v) is 4.59. The Morgan fingerprint density at radius 3 is 1.92 bits per heavy atom. The van der Waals surface area contributed by atoms with E-state index in [4.69, 9.17) is 0 Å². The van der Waals surface area contributed by atoms with Gasteiger partial charge in [0.1, 0.15) is 0 Å². The topological polar surface area (TPSA) is 67.3 Å². The fourth-order valence-corrected chi connectivity index (χ4v) is 2.06. The van der Waals surface area contributed by atoms with Crippen LogP contribution < -0.4 is 0 Å². The summed E-state index contributed by atoms with van der Waals surface area (Å²) in [5, 5.41) is 0. The number of nitrogens with one attached hydrogen (secondary N) is 1. The maximum Gasteiger partial charge on any atom is 0.0980 e. The molecule has 0 atom stereocenters. The van der Waals surface area contributed by atoms with Crippen LogP contribution in [0.4, 0.5) is 0 Å². The van der Waals surface area contributed by atoms with Gasteiger partial charge in [-0.3, -0.25) is 15.0 Å². The van der Waals surface area contributed by atoms with Crippen molar-refractivity contribution >= 4 is 0 Å². The maximum atomic E-state index is 4.42. The first-order valence-electron chi connectivity index (χ1n) is 7.16. The molecule has 0 unspecified atom stereocenters. The minimum Gasteiger partial charge on any atom is -0.351 e. The molecule has 5 nitrogen and oxygen atoms in total. The van der Waals surface area contributed by atoms with E-state index in [1.54, 1.807) is 37.3 Å². The van der Waals surface area contributed by atoms with Gasteiger partial charge in [0.2, 0.25) is 0 Å². The summed E-state index contributed by atoms with van der Waals surface area (Å²) < 4.78 is 0. The van der Waals surface area contributed by atoms with Crippen molar-refractivity contribution in [2.75, 3.05) is 0 Å². The van der Waals surface area contributed by atoms with Crippen molar-refractivity contribution < 1.29 is 49.4 Å². The molecule has 119 valence electrons. The average Bonchev–Trinajstić information content (AvgIpc) is 3.23. The summed E-state index contributed by atoms with van der Waals surface area (Å²) in [6.45, 7) is 0. The zero-order chi connectivity index (χ0) is 15.7. The standard InChI is InChI=1S/C15H11N3.C3H4N2.Eu/c1-3-9-16-13(7-1)12-6-5-11-18-15(12)14-8-2-4-10-17-14;1-2-5-3-4-1;/h1-11H;1-3H,(H,4,5);. The zero-order valence-electron chi connectivity index (χ0n) is 12.7. The van der Waals surface area contributed by atoms with E-state index in [-0.39, 0.29) is 49.4 Å². The van der Waals surface area contributed by atoms with Gasteiger partial charge in [-0.25, -0.2) is 4.98 Å². The Kier molecular flexibility index (Phi) is 7.88. The van der Waals surface area contributed by atoms with E-state index >= 15 is 0 Å². The molecule has 0 aromatic carbocycles. The minimum absolute atomic E-state index is 0. The summed E-state index contributed by atoms with van der Waals surface area (Å²) in [7, 11) is 0. The Bertz CT molecular complexity index is 745. The summed E-state index contributed by atoms with van der Waals surface area (Å²) in [5.74, 6) is 0. The largest absolute Gasteiger partial charge is 0.351 e. The molecular formula is C18H15EuN5. The third-order valence-electron chi connectivity index (χ3n) is 3.06. The molecule has 0 saturated carbocycles. The number of aromatic nitrogens is 5. The molecule has 1 radical (unpaired) electrons. The van der Waals surface area contributed by atoms with Gasteiger partial charge in [0.15, 0.2) is 0 Å². The molecule has 1 N–H and O–H groups in total. The molecule has 4 rings (SSSR count). The number of rotatable bonds is 2. The van der Waals surface area contributed by atoms with Crippen LogP contribution in [0.15, 0.2) is 85.8 Å². The number of hydrogen-bond donors (Lipinski definition) is 1. The van der Waals surface area contributed by atoms with Gasteiger partial charge in [-0.05, 0) is 36.4 Å². The Hall–Kier alpha value is -1.76. The van der Waals surface area contributed by atoms with Crippen molar-refractivity contribution in [1.29, 1.82) is 0 Å². The molecule has 4 heterocycles. The third-order valence-corrected chi connectivity index (χ3v) is 3.06. The van der Waals surface area contributed by atoms with E-state index in [0.29, 0.717) is 0 Å². The molecular weight excluding hydrogens is 438 g/mol. The molecule has 0 aliphatic rings. The van der Waals surface area contributed by atoms with Crippen LogP contribution in [0, 0.1) is 49.4 Å². The molecule has 0 spiro atoms. The van der Waals surface area contributed by atoms with Crippen molar-refractivity contribution in [2.45, 2.75) is 0 Å². The average molecular weight is 453 g/mol. The third kappa shape index (κ3) is 5.13. The Balaban J connectivity index is 0.000000300. The molecule has 0 bridgehead atoms. The van der Waals surface area contributed by atoms with Gasteiger partial charge < -0.3 is 4.98 Å². The van der Waals surface area contributed by atoms with Gasteiger partial charge in [0.05, 0.1) is 23.4 Å². The van der Waals surface area contributed by atoms with E-state index in [9.17, 15) is 0 Å². The number of aromatic amines is 1. The van der Waals surface area contributed by atoms with Gasteiger partial charge in [0, 0.05) is 85.9 Å². The number of H-pyrrole nitrogens is 1. The van der Waals surface area contributed by atoms with Gasteiger partial charge in [0.25, 0.3) is 0 Å². The molecule has 0 saturated heterocycles. The van der Waals surface area contributed by atoms with Crippen LogP contribution in [-0.4, -0.2) is 24.9 Å². The molecule has 0 aliphatic carbocycles. The van der Waals surface area contributed by atoms with E-state index in [1.807, 2.05) is 48.5 Å². The van der Waals surface area contributed by atoms with Crippen molar-refractivity contribution in [3.63, 3.8) is 0 Å². The van der Waals surface area contributed by atoms with Crippen molar-refractivity contribution in [1.82, 2.24) is 24.9 Å². The van der Waals surface area contributed by atoms with Crippen LogP contribution in [0.1, 0.15) is 0 Å². The van der Waals surface area contributed by atoms with Crippen molar-refractivity contribution in [2.24, 2.45) is 0 Å². The zero-order valence-corrected chi connectivity index (χ0v) is 15.2. The molecule has 4 aromatic rings. The van der Waals surface area contributed by atoms with Crippen molar-refractivity contribution in [3.8, 4) is 22.6 Å². The summed E-state index contributed by atoms with van der Waals surface area (Å²) in [5.41, 5.74) is 3.62. The van der Waals surface area contributed by atoms with Crippen LogP contribution in [0.5, 0.6) is 0 Å². The monoisotopic (exact) mass is 454 g/mol. The van der Waals surface area contributed by atoms with E-state index in [2.05, 4.69) is 24.9 Å². The van der Waals surface area contributed by atoms with Crippen LogP contribution >= 0.6 is 0 Å². The molecule has 6 heteroatoms. The summed E-state index contributed by atoms with van der Waals surface area (Å²) in [6, 6.07) is 15.6. The predicted octanol–water partition coefficient (Wildman–Crippen LogP) is 3.62. The van der Waals surface area contributed by atoms with Gasteiger partial charge >= 0.3 is 0 Å². The number of nitrogens with zero attached hydrogens (tertiary/aromatic N) is 4. The quantitative estimate of drug-likeness (QED) is 0.504. The molecule has 4 aromatic heterocycles. The first-order chi connectivity index (χ1) is 11.4. The van der Waals surface area contributed by atoms with Crippen LogP contribution in [0.2, 0.25) is 0 Å². The van der Waals surface area contributed by atoms with Crippen LogP contribution in [-0.2, 0) is 0 Å². The number of hydrogen-bond acceptors (Lipinski definition) is 4. The Labute approximate surface area is 181 Å². The minimum atomic E-state index is 0. The van der Waals surface area contributed by atoms with E-state index < -0.39 is 0 Å². The fourth-order valence-electron chi connectivity index (χ4n) is 2.06. The van der Waals surface area contributed by atoms with Crippen LogP contribution in [0.3, 0.4) is 0 Å². The predicted molar refractivity (Wildman–Crippen MR) is 89.3 cm³/mol.